The molecule has 1 unspecified atom stereocenters. The molecule has 0 spiro atoms. The van der Waals surface area contributed by atoms with Crippen molar-refractivity contribution in [2.24, 2.45) is 0 Å². The molecule has 1 atom stereocenters. The molecule has 23 heavy (non-hydrogen) atoms. The Bertz CT molecular complexity index is 490. The van der Waals surface area contributed by atoms with E-state index in [9.17, 15) is 13.2 Å². The third kappa shape index (κ3) is 5.01. The van der Waals surface area contributed by atoms with Gasteiger partial charge in [-0.05, 0) is 12.8 Å². The fourth-order valence-corrected chi connectivity index (χ4v) is 4.34. The van der Waals surface area contributed by atoms with E-state index in [1.807, 2.05) is 4.90 Å². The van der Waals surface area contributed by atoms with Crippen LogP contribution in [-0.4, -0.2) is 93.9 Å². The van der Waals surface area contributed by atoms with E-state index in [0.29, 0.717) is 39.3 Å². The molecule has 0 aromatic carbocycles. The SMILES string of the molecule is COCCN(C)S(=O)(=O)N1CCCC(N2CCNCC2=O)C1.Cl. The van der Waals surface area contributed by atoms with Gasteiger partial charge in [0.15, 0.2) is 0 Å². The molecule has 0 aliphatic carbocycles. The lowest BCUT2D eigenvalue weighted by Gasteiger charge is -2.41. The molecule has 136 valence electrons. The monoisotopic (exact) mass is 370 g/mol. The first-order valence-electron chi connectivity index (χ1n) is 7.67. The van der Waals surface area contributed by atoms with Crippen molar-refractivity contribution in [1.82, 2.24) is 18.8 Å². The van der Waals surface area contributed by atoms with Crippen LogP contribution >= 0.6 is 12.4 Å². The Morgan fingerprint density at radius 3 is 2.78 bits per heavy atom. The summed E-state index contributed by atoms with van der Waals surface area (Å²) in [6, 6.07) is -0.0195. The van der Waals surface area contributed by atoms with Crippen LogP contribution in [0.25, 0.3) is 0 Å². The summed E-state index contributed by atoms with van der Waals surface area (Å²) < 4.78 is 32.9. The van der Waals surface area contributed by atoms with E-state index >= 15 is 0 Å². The molecule has 0 aromatic rings. The van der Waals surface area contributed by atoms with Crippen molar-refractivity contribution in [1.29, 1.82) is 0 Å². The highest BCUT2D eigenvalue weighted by Crippen LogP contribution is 2.20. The number of methoxy groups -OCH3 is 1. The Morgan fingerprint density at radius 2 is 2.13 bits per heavy atom. The summed E-state index contributed by atoms with van der Waals surface area (Å²) in [5.74, 6) is 0.0586. The third-order valence-corrected chi connectivity index (χ3v) is 6.21. The second kappa shape index (κ2) is 9.14. The highest BCUT2D eigenvalue weighted by atomic mass is 35.5. The number of amides is 1. The number of carbonyl (C=O) groups is 1. The van der Waals surface area contributed by atoms with Crippen LogP contribution in [0.15, 0.2) is 0 Å². The normalized spacial score (nSPS) is 23.9. The lowest BCUT2D eigenvalue weighted by atomic mass is 10.1. The average molecular weight is 371 g/mol. The van der Waals surface area contributed by atoms with Crippen molar-refractivity contribution >= 4 is 28.5 Å². The van der Waals surface area contributed by atoms with Crippen molar-refractivity contribution in [3.63, 3.8) is 0 Å². The molecule has 0 radical (unpaired) electrons. The minimum atomic E-state index is -3.49. The summed E-state index contributed by atoms with van der Waals surface area (Å²) in [5, 5.41) is 3.04. The van der Waals surface area contributed by atoms with E-state index in [4.69, 9.17) is 4.74 Å². The lowest BCUT2D eigenvalue weighted by molar-refractivity contribution is -0.135. The molecule has 0 saturated carbocycles. The number of piperidine rings is 1. The number of hydrogen-bond acceptors (Lipinski definition) is 5. The molecule has 2 heterocycles. The van der Waals surface area contributed by atoms with Crippen LogP contribution in [0, 0.1) is 0 Å². The predicted octanol–water partition coefficient (Wildman–Crippen LogP) is -0.873. The van der Waals surface area contributed by atoms with Crippen LogP contribution in [0.1, 0.15) is 12.8 Å². The highest BCUT2D eigenvalue weighted by molar-refractivity contribution is 7.86. The first-order valence-corrected chi connectivity index (χ1v) is 9.07. The first kappa shape index (κ1) is 20.6. The largest absolute Gasteiger partial charge is 0.383 e. The zero-order valence-corrected chi connectivity index (χ0v) is 15.4. The minimum absolute atomic E-state index is 0. The van der Waals surface area contributed by atoms with Crippen LogP contribution < -0.4 is 5.32 Å². The summed E-state index contributed by atoms with van der Waals surface area (Å²) in [6.45, 7) is 3.34. The van der Waals surface area contributed by atoms with Gasteiger partial charge < -0.3 is 15.0 Å². The van der Waals surface area contributed by atoms with E-state index in [0.717, 1.165) is 19.4 Å². The summed E-state index contributed by atoms with van der Waals surface area (Å²) in [4.78, 5) is 13.8. The number of nitrogens with zero attached hydrogens (tertiary/aromatic N) is 3. The average Bonchev–Trinajstić information content (AvgIpc) is 2.53. The molecule has 0 bridgehead atoms. The Labute approximate surface area is 144 Å². The van der Waals surface area contributed by atoms with Crippen LogP contribution in [0.2, 0.25) is 0 Å². The summed E-state index contributed by atoms with van der Waals surface area (Å²) in [6.07, 6.45) is 1.64. The minimum Gasteiger partial charge on any atom is -0.383 e. The molecule has 2 fully saturated rings. The van der Waals surface area contributed by atoms with Gasteiger partial charge in [-0.3, -0.25) is 4.79 Å². The topological polar surface area (TPSA) is 82.2 Å². The number of piperazine rings is 1. The van der Waals surface area contributed by atoms with Gasteiger partial charge in [0.1, 0.15) is 0 Å². The number of likely N-dealkylation sites (N-methyl/N-ethyl adjacent to an activating group) is 1. The van der Waals surface area contributed by atoms with E-state index in [-0.39, 0.29) is 24.4 Å². The molecular formula is C13H27ClN4O4S. The maximum atomic E-state index is 12.6. The number of carbonyl (C=O) groups excluding carboxylic acids is 1. The second-order valence-electron chi connectivity index (χ2n) is 5.74. The quantitative estimate of drug-likeness (QED) is 0.657. The van der Waals surface area contributed by atoms with Crippen molar-refractivity contribution in [3.8, 4) is 0 Å². The van der Waals surface area contributed by atoms with Crippen LogP contribution in [0.4, 0.5) is 0 Å². The Kier molecular flexibility index (Phi) is 8.19. The molecule has 0 aromatic heterocycles. The van der Waals surface area contributed by atoms with E-state index in [2.05, 4.69) is 5.32 Å². The molecule has 1 N–H and O–H groups in total. The zero-order valence-electron chi connectivity index (χ0n) is 13.7. The second-order valence-corrected chi connectivity index (χ2v) is 7.78. The fourth-order valence-electron chi connectivity index (χ4n) is 2.92. The molecule has 1 amide bonds. The molecule has 8 nitrogen and oxygen atoms in total. The van der Waals surface area contributed by atoms with Gasteiger partial charge in [0, 0.05) is 52.9 Å². The van der Waals surface area contributed by atoms with E-state index < -0.39 is 10.2 Å². The van der Waals surface area contributed by atoms with Crippen molar-refractivity contribution in [2.75, 3.05) is 60.0 Å². The number of nitrogens with one attached hydrogen (secondary N) is 1. The summed E-state index contributed by atoms with van der Waals surface area (Å²) in [5.41, 5.74) is 0. The molecule has 2 rings (SSSR count). The van der Waals surface area contributed by atoms with Gasteiger partial charge in [-0.25, -0.2) is 0 Å². The summed E-state index contributed by atoms with van der Waals surface area (Å²) >= 11 is 0. The van der Waals surface area contributed by atoms with Crippen molar-refractivity contribution < 1.29 is 17.9 Å². The lowest BCUT2D eigenvalue weighted by Crippen LogP contribution is -2.58. The fraction of sp³-hybridized carbons (Fsp3) is 0.923. The predicted molar refractivity (Wildman–Crippen MR) is 89.9 cm³/mol. The van der Waals surface area contributed by atoms with E-state index in [1.54, 1.807) is 14.2 Å². The van der Waals surface area contributed by atoms with Gasteiger partial charge >= 0.3 is 0 Å². The Morgan fingerprint density at radius 1 is 1.39 bits per heavy atom. The van der Waals surface area contributed by atoms with Crippen molar-refractivity contribution in [2.45, 2.75) is 18.9 Å². The van der Waals surface area contributed by atoms with E-state index in [1.165, 1.54) is 8.61 Å². The smallest absolute Gasteiger partial charge is 0.281 e. The molecule has 10 heteroatoms. The number of hydrogen-bond donors (Lipinski definition) is 1. The standard InChI is InChI=1S/C13H26N4O4S.ClH/c1-15(8-9-21-2)22(19,20)16-6-3-4-12(11-16)17-7-5-14-10-13(17)18;/h12,14H,3-11H2,1-2H3;1H. The maximum Gasteiger partial charge on any atom is 0.281 e. The molecule has 2 aliphatic rings. The van der Waals surface area contributed by atoms with Crippen LogP contribution in [0.5, 0.6) is 0 Å². The number of ether oxygens (including phenoxy) is 1. The molecule has 2 aliphatic heterocycles. The van der Waals surface area contributed by atoms with Crippen LogP contribution in [-0.2, 0) is 19.7 Å². The molecule has 2 saturated heterocycles. The highest BCUT2D eigenvalue weighted by Gasteiger charge is 2.35. The summed E-state index contributed by atoms with van der Waals surface area (Å²) in [7, 11) is -0.378. The molecular weight excluding hydrogens is 344 g/mol. The first-order chi connectivity index (χ1) is 10.5. The Hall–Kier alpha value is -0.450. The van der Waals surface area contributed by atoms with Gasteiger partial charge in [-0.1, -0.05) is 0 Å². The third-order valence-electron chi connectivity index (χ3n) is 4.26. The van der Waals surface area contributed by atoms with Crippen molar-refractivity contribution in [3.05, 3.63) is 0 Å². The van der Waals surface area contributed by atoms with Gasteiger partial charge in [0.25, 0.3) is 10.2 Å². The van der Waals surface area contributed by atoms with Gasteiger partial charge in [-0.15, -0.1) is 12.4 Å². The van der Waals surface area contributed by atoms with Gasteiger partial charge in [-0.2, -0.15) is 17.0 Å². The zero-order chi connectivity index (χ0) is 16.2. The van der Waals surface area contributed by atoms with Gasteiger partial charge in [0.2, 0.25) is 5.91 Å². The number of halogens is 1. The maximum absolute atomic E-state index is 12.6. The van der Waals surface area contributed by atoms with Gasteiger partial charge in [0.05, 0.1) is 13.2 Å². The van der Waals surface area contributed by atoms with Crippen LogP contribution in [0.3, 0.4) is 0 Å². The Balaban J connectivity index is 0.00000264. The number of rotatable bonds is 6.